The van der Waals surface area contributed by atoms with E-state index in [1.54, 1.807) is 0 Å². The van der Waals surface area contributed by atoms with Crippen molar-refractivity contribution in [3.05, 3.63) is 258 Å². The van der Waals surface area contributed by atoms with Gasteiger partial charge in [0.1, 0.15) is 0 Å². The maximum Gasteiger partial charge on any atom is 0.252 e. The second kappa shape index (κ2) is 23.7. The Bertz CT molecular complexity index is 5250. The van der Waals surface area contributed by atoms with Gasteiger partial charge in [0.05, 0.1) is 33.4 Å². The molecule has 0 radical (unpaired) electrons. The fraction of sp³-hybridized carbons (Fsp3) is 0.298. The molecule has 0 unspecified atom stereocenters. The van der Waals surface area contributed by atoms with E-state index >= 15 is 0 Å². The van der Waals surface area contributed by atoms with Crippen LogP contribution in [0.4, 0.5) is 34.1 Å². The lowest BCUT2D eigenvalue weighted by atomic mass is 9.33. The Morgan fingerprint density at radius 3 is 1.01 bits per heavy atom. The van der Waals surface area contributed by atoms with Gasteiger partial charge in [0.25, 0.3) is 6.71 Å². The molecule has 99 heavy (non-hydrogen) atoms. The summed E-state index contributed by atoms with van der Waals surface area (Å²) >= 11 is 0. The third-order valence-corrected chi connectivity index (χ3v) is 20.6. The highest BCUT2D eigenvalue weighted by Gasteiger charge is 2.45. The second-order valence-electron chi connectivity index (χ2n) is 36.0. The Labute approximate surface area is 590 Å². The first-order valence-corrected chi connectivity index (χ1v) is 36.3. The van der Waals surface area contributed by atoms with E-state index in [1.165, 1.54) is 138 Å². The van der Waals surface area contributed by atoms with Crippen LogP contribution in [0.5, 0.6) is 0 Å². The Morgan fingerprint density at radius 1 is 0.273 bits per heavy atom. The zero-order valence-corrected chi connectivity index (χ0v) is 62.1. The van der Waals surface area contributed by atoms with Gasteiger partial charge in [-0.3, -0.25) is 0 Å². The average Bonchev–Trinajstić information content (AvgIpc) is 1.11. The maximum absolute atomic E-state index is 2.70. The maximum atomic E-state index is 2.70. The summed E-state index contributed by atoms with van der Waals surface area (Å²) in [6, 6.07) is 88.2. The molecule has 11 aromatic carbocycles. The van der Waals surface area contributed by atoms with Gasteiger partial charge in [0, 0.05) is 66.8 Å². The Hall–Kier alpha value is -9.32. The predicted octanol–water partition coefficient (Wildman–Crippen LogP) is 24.2. The van der Waals surface area contributed by atoms with E-state index < -0.39 is 0 Å². The topological polar surface area (TPSA) is 16.3 Å². The van der Waals surface area contributed by atoms with E-state index in [2.05, 4.69) is 368 Å². The van der Waals surface area contributed by atoms with Crippen LogP contribution in [0.1, 0.15) is 158 Å². The van der Waals surface area contributed by atoms with Crippen LogP contribution in [0, 0.1) is 21.7 Å². The molecule has 0 amide bonds. The van der Waals surface area contributed by atoms with E-state index in [9.17, 15) is 0 Å². The third kappa shape index (κ3) is 12.3. The second-order valence-corrected chi connectivity index (χ2v) is 36.0. The summed E-state index contributed by atoms with van der Waals surface area (Å²) in [5, 5.41) is 5.16. The van der Waals surface area contributed by atoms with Gasteiger partial charge in [-0.15, -0.1) is 0 Å². The van der Waals surface area contributed by atoms with E-state index in [1.807, 2.05) is 0 Å². The molecule has 2 aliphatic heterocycles. The summed E-state index contributed by atoms with van der Waals surface area (Å²) in [7, 11) is 0. The minimum absolute atomic E-state index is 0.0398. The number of benzene rings is 11. The molecule has 0 saturated heterocycles. The van der Waals surface area contributed by atoms with E-state index in [4.69, 9.17) is 0 Å². The highest BCUT2D eigenvalue weighted by molar-refractivity contribution is 7.00. The quantitative estimate of drug-likeness (QED) is 0.127. The van der Waals surface area contributed by atoms with Crippen LogP contribution < -0.4 is 26.2 Å². The summed E-state index contributed by atoms with van der Waals surface area (Å²) in [6.45, 7) is 42.3. The fourth-order valence-corrected chi connectivity index (χ4v) is 16.5. The molecule has 0 aliphatic carbocycles. The SMILES string of the molecule is CC(C)(C)Cc1cc2c3c(c1)N(c1ccc(C(C)(C)C)cc1-c1ccccc1)c1cc(-n4c5ccc(CC(C)(C)C)cc5c5cc(CC(C)(C)C)ccc54)ccc1B3c1ccc(-n3c4ccccc4c4cc(CC(C)(C)C)ccc43)cc1N2c1ccc(C(C)(C)C)cc1-c1ccccc1. The molecule has 498 valence electrons. The minimum Gasteiger partial charge on any atom is -0.311 e. The number of hydrogen-bond acceptors (Lipinski definition) is 2. The van der Waals surface area contributed by atoms with Gasteiger partial charge in [-0.25, -0.2) is 0 Å². The van der Waals surface area contributed by atoms with Crippen molar-refractivity contribution < 1.29 is 0 Å². The number of fused-ring (bicyclic) bond motifs is 10. The van der Waals surface area contributed by atoms with Crippen LogP contribution >= 0.6 is 0 Å². The fourth-order valence-electron chi connectivity index (χ4n) is 16.5. The summed E-state index contributed by atoms with van der Waals surface area (Å²) in [6.07, 6.45) is 3.86. The summed E-state index contributed by atoms with van der Waals surface area (Å²) in [4.78, 5) is 5.40. The number of nitrogens with zero attached hydrogens (tertiary/aromatic N) is 4. The van der Waals surface area contributed by atoms with Crippen molar-refractivity contribution in [1.29, 1.82) is 0 Å². The van der Waals surface area contributed by atoms with Gasteiger partial charge in [-0.2, -0.15) is 0 Å². The van der Waals surface area contributed by atoms with Crippen molar-refractivity contribution in [3.63, 3.8) is 0 Å². The third-order valence-electron chi connectivity index (χ3n) is 20.6. The van der Waals surface area contributed by atoms with Crippen LogP contribution in [0.3, 0.4) is 0 Å². The van der Waals surface area contributed by atoms with Crippen LogP contribution in [-0.4, -0.2) is 15.8 Å². The van der Waals surface area contributed by atoms with Crippen molar-refractivity contribution in [1.82, 2.24) is 9.13 Å². The van der Waals surface area contributed by atoms with E-state index in [0.29, 0.717) is 0 Å². The van der Waals surface area contributed by atoms with Crippen LogP contribution in [0.15, 0.2) is 224 Å². The normalized spacial score (nSPS) is 13.7. The molecule has 0 atom stereocenters. The molecule has 15 rings (SSSR count). The molecule has 4 heterocycles. The van der Waals surface area contributed by atoms with E-state index in [-0.39, 0.29) is 39.2 Å². The van der Waals surface area contributed by atoms with Gasteiger partial charge in [0.15, 0.2) is 0 Å². The first-order valence-electron chi connectivity index (χ1n) is 36.3. The van der Waals surface area contributed by atoms with Crippen molar-refractivity contribution in [3.8, 4) is 33.6 Å². The lowest BCUT2D eigenvalue weighted by molar-refractivity contribution is 0.411. The van der Waals surface area contributed by atoms with Crippen molar-refractivity contribution in [2.75, 3.05) is 9.80 Å². The van der Waals surface area contributed by atoms with Gasteiger partial charge < -0.3 is 18.9 Å². The van der Waals surface area contributed by atoms with Crippen molar-refractivity contribution in [2.45, 2.75) is 161 Å². The predicted molar refractivity (Wildman–Crippen MR) is 430 cm³/mol. The summed E-state index contributed by atoms with van der Waals surface area (Å²) in [5.41, 5.74) is 31.1. The Kier molecular flexibility index (Phi) is 15.7. The molecule has 13 aromatic rings. The first-order chi connectivity index (χ1) is 46.8. The van der Waals surface area contributed by atoms with Gasteiger partial charge in [-0.05, 0) is 222 Å². The molecule has 5 heteroatoms. The molecule has 2 aromatic heterocycles. The Balaban J connectivity index is 1.07. The molecule has 0 spiro atoms. The van der Waals surface area contributed by atoms with Crippen LogP contribution in [-0.2, 0) is 36.5 Å². The minimum atomic E-state index is -0.154. The molecule has 4 nitrogen and oxygen atoms in total. The lowest BCUT2D eigenvalue weighted by Gasteiger charge is -2.45. The van der Waals surface area contributed by atoms with Gasteiger partial charge >= 0.3 is 0 Å². The van der Waals surface area contributed by atoms with Gasteiger partial charge in [-0.1, -0.05) is 246 Å². The van der Waals surface area contributed by atoms with E-state index in [0.717, 1.165) is 48.4 Å². The summed E-state index contributed by atoms with van der Waals surface area (Å²) < 4.78 is 5.12. The largest absolute Gasteiger partial charge is 0.311 e. The van der Waals surface area contributed by atoms with Crippen LogP contribution in [0.25, 0.3) is 77.2 Å². The highest BCUT2D eigenvalue weighted by atomic mass is 15.2. The number of para-hydroxylation sites is 1. The number of aromatic nitrogens is 2. The standard InChI is InChI=1S/C94H99BN4/c1-89(2,3)56-60-33-42-81-73(47-60)70-31-25-26-32-78(70)96(81)68-38-40-76-84(54-68)98(79-45-36-66(93(13,14)15)52-71(79)64-27-21-19-22-28-64)86-50-63(59-92(10,11)12)51-87-88(86)95(76)77-41-39-69(55-85(77)99(87)80-46-37-67(94(16,17)18)53-72(80)65-29-23-20-24-30-65)97-82-43-34-61(57-90(4,5)6)48-74(82)75-49-62(35-44-83(75)97)58-91(7,8)9/h19-55H,56-59H2,1-18H3. The molecular formula is C94H99BN4. The average molecular weight is 1300 g/mol. The Morgan fingerprint density at radius 2 is 0.626 bits per heavy atom. The van der Waals surface area contributed by atoms with Crippen LogP contribution in [0.2, 0.25) is 0 Å². The summed E-state index contributed by atoms with van der Waals surface area (Å²) in [5.74, 6) is 0. The van der Waals surface area contributed by atoms with Crippen molar-refractivity contribution >= 4 is 101 Å². The molecule has 2 aliphatic rings. The highest BCUT2D eigenvalue weighted by Crippen LogP contribution is 2.52. The number of hydrogen-bond donors (Lipinski definition) is 0. The molecule has 0 bridgehead atoms. The molecule has 0 N–H and O–H groups in total. The zero-order chi connectivity index (χ0) is 69.6. The number of anilines is 6. The first kappa shape index (κ1) is 65.6. The van der Waals surface area contributed by atoms with Gasteiger partial charge in [0.2, 0.25) is 0 Å². The number of rotatable bonds is 10. The zero-order valence-electron chi connectivity index (χ0n) is 62.1. The monoisotopic (exact) mass is 1290 g/mol. The van der Waals surface area contributed by atoms with Crippen molar-refractivity contribution in [2.24, 2.45) is 21.7 Å². The lowest BCUT2D eigenvalue weighted by Crippen LogP contribution is -2.61. The molecular weight excluding hydrogens is 1200 g/mol. The smallest absolute Gasteiger partial charge is 0.252 e. The molecule has 0 fully saturated rings. The molecule has 0 saturated carbocycles.